The zero-order chi connectivity index (χ0) is 14.8. The molecule has 116 valence electrons. The van der Waals surface area contributed by atoms with E-state index >= 15 is 0 Å². The predicted molar refractivity (Wildman–Crippen MR) is 87.2 cm³/mol. The average Bonchev–Trinajstić information content (AvgIpc) is 3.29. The fraction of sp³-hybridized carbons (Fsp3) is 0.750. The second-order valence-electron chi connectivity index (χ2n) is 6.33. The van der Waals surface area contributed by atoms with Gasteiger partial charge in [0.2, 0.25) is 0 Å². The van der Waals surface area contributed by atoms with Gasteiger partial charge < -0.3 is 15.1 Å². The van der Waals surface area contributed by atoms with Crippen LogP contribution in [0.4, 0.5) is 11.6 Å². The molecular formula is C16H27N5. The van der Waals surface area contributed by atoms with E-state index in [4.69, 9.17) is 9.97 Å². The fourth-order valence-electron chi connectivity index (χ4n) is 2.95. The molecule has 3 rings (SSSR count). The average molecular weight is 289 g/mol. The quantitative estimate of drug-likeness (QED) is 0.921. The van der Waals surface area contributed by atoms with Gasteiger partial charge in [0.15, 0.2) is 0 Å². The molecule has 0 unspecified atom stereocenters. The number of hydrogen-bond acceptors (Lipinski definition) is 5. The van der Waals surface area contributed by atoms with Gasteiger partial charge in [-0.3, -0.25) is 0 Å². The summed E-state index contributed by atoms with van der Waals surface area (Å²) in [5.74, 6) is 3.82. The largest absolute Gasteiger partial charge is 0.370 e. The SMILES string of the molecule is CCNc1nc(C2CC2)nc(N2CCCN(C)CC2)c1C. The normalized spacial score (nSPS) is 20.4. The standard InChI is InChI=1S/C16H27N5/c1-4-17-14-12(2)16(19-15(18-14)13-6-7-13)21-9-5-8-20(3)10-11-21/h13H,4-11H2,1-3H3,(H,17,18,19). The highest BCUT2D eigenvalue weighted by Gasteiger charge is 2.29. The first-order valence-corrected chi connectivity index (χ1v) is 8.25. The summed E-state index contributed by atoms with van der Waals surface area (Å²) in [6.45, 7) is 9.62. The van der Waals surface area contributed by atoms with E-state index in [9.17, 15) is 0 Å². The summed E-state index contributed by atoms with van der Waals surface area (Å²) in [5.41, 5.74) is 1.20. The first kappa shape index (κ1) is 14.6. The fourth-order valence-corrected chi connectivity index (χ4v) is 2.95. The molecule has 21 heavy (non-hydrogen) atoms. The lowest BCUT2D eigenvalue weighted by Gasteiger charge is -2.25. The maximum absolute atomic E-state index is 4.92. The van der Waals surface area contributed by atoms with Gasteiger partial charge in [0.1, 0.15) is 17.5 Å². The molecule has 1 saturated heterocycles. The molecule has 5 heteroatoms. The van der Waals surface area contributed by atoms with Gasteiger partial charge in [-0.15, -0.1) is 0 Å². The Hall–Kier alpha value is -1.36. The monoisotopic (exact) mass is 289 g/mol. The zero-order valence-corrected chi connectivity index (χ0v) is 13.5. The molecule has 0 bridgehead atoms. The third-order valence-electron chi connectivity index (χ3n) is 4.44. The van der Waals surface area contributed by atoms with Crippen molar-refractivity contribution in [2.24, 2.45) is 0 Å². The van der Waals surface area contributed by atoms with Crippen LogP contribution in [0.2, 0.25) is 0 Å². The minimum absolute atomic E-state index is 0.594. The van der Waals surface area contributed by atoms with E-state index in [0.29, 0.717) is 5.92 Å². The van der Waals surface area contributed by atoms with Gasteiger partial charge in [0.05, 0.1) is 0 Å². The molecule has 1 aromatic heterocycles. The lowest BCUT2D eigenvalue weighted by Crippen LogP contribution is -2.30. The van der Waals surface area contributed by atoms with E-state index in [1.165, 1.54) is 31.4 Å². The molecule has 0 aromatic carbocycles. The molecule has 0 atom stereocenters. The first-order chi connectivity index (χ1) is 10.2. The lowest BCUT2D eigenvalue weighted by atomic mass is 10.2. The lowest BCUT2D eigenvalue weighted by molar-refractivity contribution is 0.360. The molecule has 1 N–H and O–H groups in total. The van der Waals surface area contributed by atoms with Crippen molar-refractivity contribution in [1.29, 1.82) is 0 Å². The van der Waals surface area contributed by atoms with Crippen LogP contribution in [0, 0.1) is 6.92 Å². The molecule has 5 nitrogen and oxygen atoms in total. The molecule has 2 heterocycles. The van der Waals surface area contributed by atoms with Crippen LogP contribution in [0.5, 0.6) is 0 Å². The summed E-state index contributed by atoms with van der Waals surface area (Å²) in [6.07, 6.45) is 3.70. The number of rotatable bonds is 4. The molecule has 0 spiro atoms. The summed E-state index contributed by atoms with van der Waals surface area (Å²) in [7, 11) is 2.20. The van der Waals surface area contributed by atoms with Crippen LogP contribution >= 0.6 is 0 Å². The van der Waals surface area contributed by atoms with E-state index in [1.807, 2.05) is 0 Å². The number of anilines is 2. The highest BCUT2D eigenvalue weighted by Crippen LogP contribution is 2.40. The Morgan fingerprint density at radius 3 is 2.67 bits per heavy atom. The molecule has 2 fully saturated rings. The smallest absolute Gasteiger partial charge is 0.137 e. The second kappa shape index (κ2) is 6.18. The van der Waals surface area contributed by atoms with Gasteiger partial charge in [0.25, 0.3) is 0 Å². The molecule has 1 aromatic rings. The van der Waals surface area contributed by atoms with Crippen molar-refractivity contribution >= 4 is 11.6 Å². The van der Waals surface area contributed by atoms with Crippen LogP contribution in [-0.2, 0) is 0 Å². The maximum Gasteiger partial charge on any atom is 0.137 e. The van der Waals surface area contributed by atoms with Crippen molar-refractivity contribution in [3.8, 4) is 0 Å². The minimum atomic E-state index is 0.594. The number of nitrogens with one attached hydrogen (secondary N) is 1. The van der Waals surface area contributed by atoms with Gasteiger partial charge in [-0.05, 0) is 46.7 Å². The van der Waals surface area contributed by atoms with Gasteiger partial charge in [-0.1, -0.05) is 0 Å². The van der Waals surface area contributed by atoms with E-state index in [0.717, 1.165) is 43.6 Å². The Morgan fingerprint density at radius 1 is 1.14 bits per heavy atom. The molecular weight excluding hydrogens is 262 g/mol. The van der Waals surface area contributed by atoms with Gasteiger partial charge in [-0.25, -0.2) is 9.97 Å². The highest BCUT2D eigenvalue weighted by molar-refractivity contribution is 5.59. The Balaban J connectivity index is 1.91. The van der Waals surface area contributed by atoms with Crippen LogP contribution in [0.3, 0.4) is 0 Å². The molecule has 0 radical (unpaired) electrons. The van der Waals surface area contributed by atoms with Crippen LogP contribution in [-0.4, -0.2) is 54.6 Å². The maximum atomic E-state index is 4.92. The number of aromatic nitrogens is 2. The van der Waals surface area contributed by atoms with Crippen LogP contribution in [0.15, 0.2) is 0 Å². The van der Waals surface area contributed by atoms with Crippen molar-refractivity contribution in [3.63, 3.8) is 0 Å². The third kappa shape index (κ3) is 3.28. The zero-order valence-electron chi connectivity index (χ0n) is 13.5. The van der Waals surface area contributed by atoms with Crippen LogP contribution < -0.4 is 10.2 Å². The van der Waals surface area contributed by atoms with Crippen molar-refractivity contribution in [2.75, 3.05) is 50.0 Å². The Bertz CT molecular complexity index is 498. The highest BCUT2D eigenvalue weighted by atomic mass is 15.3. The van der Waals surface area contributed by atoms with Crippen molar-refractivity contribution in [3.05, 3.63) is 11.4 Å². The van der Waals surface area contributed by atoms with Crippen molar-refractivity contribution in [2.45, 2.75) is 39.0 Å². The Morgan fingerprint density at radius 2 is 1.95 bits per heavy atom. The minimum Gasteiger partial charge on any atom is -0.370 e. The Labute approximate surface area is 127 Å². The summed E-state index contributed by atoms with van der Waals surface area (Å²) < 4.78 is 0. The molecule has 0 amide bonds. The van der Waals surface area contributed by atoms with E-state index in [-0.39, 0.29) is 0 Å². The molecule has 2 aliphatic rings. The summed E-state index contributed by atoms with van der Waals surface area (Å²) in [5, 5.41) is 3.41. The number of nitrogens with zero attached hydrogens (tertiary/aromatic N) is 4. The van der Waals surface area contributed by atoms with Crippen LogP contribution in [0.25, 0.3) is 0 Å². The topological polar surface area (TPSA) is 44.3 Å². The van der Waals surface area contributed by atoms with E-state index < -0.39 is 0 Å². The summed E-state index contributed by atoms with van der Waals surface area (Å²) in [4.78, 5) is 14.5. The number of hydrogen-bond donors (Lipinski definition) is 1. The summed E-state index contributed by atoms with van der Waals surface area (Å²) in [6, 6.07) is 0. The molecule has 1 saturated carbocycles. The third-order valence-corrected chi connectivity index (χ3v) is 4.44. The number of likely N-dealkylation sites (N-methyl/N-ethyl adjacent to an activating group) is 1. The van der Waals surface area contributed by atoms with Crippen LogP contribution in [0.1, 0.15) is 43.5 Å². The van der Waals surface area contributed by atoms with E-state index in [1.54, 1.807) is 0 Å². The molecule has 1 aliphatic heterocycles. The van der Waals surface area contributed by atoms with Crippen molar-refractivity contribution < 1.29 is 0 Å². The van der Waals surface area contributed by atoms with Gasteiger partial charge >= 0.3 is 0 Å². The van der Waals surface area contributed by atoms with E-state index in [2.05, 4.69) is 36.0 Å². The van der Waals surface area contributed by atoms with Gasteiger partial charge in [-0.2, -0.15) is 0 Å². The molecule has 1 aliphatic carbocycles. The summed E-state index contributed by atoms with van der Waals surface area (Å²) >= 11 is 0. The predicted octanol–water partition coefficient (Wildman–Crippen LogP) is 2.24. The van der Waals surface area contributed by atoms with Gasteiger partial charge in [0, 0.05) is 37.7 Å². The Kier molecular flexibility index (Phi) is 4.29. The van der Waals surface area contributed by atoms with Crippen molar-refractivity contribution in [1.82, 2.24) is 14.9 Å². The first-order valence-electron chi connectivity index (χ1n) is 8.25. The second-order valence-corrected chi connectivity index (χ2v) is 6.33.